The van der Waals surface area contributed by atoms with Crippen LogP contribution in [0.15, 0.2) is 0 Å². The van der Waals surface area contributed by atoms with Crippen molar-refractivity contribution in [2.24, 2.45) is 11.7 Å². The molecule has 0 aliphatic heterocycles. The largest absolute Gasteiger partial charge is 0.364 e. The lowest BCUT2D eigenvalue weighted by Gasteiger charge is -2.13. The summed E-state index contributed by atoms with van der Waals surface area (Å²) in [6.07, 6.45) is -0.802. The van der Waals surface area contributed by atoms with Crippen LogP contribution in [0.4, 0.5) is 8.78 Å². The van der Waals surface area contributed by atoms with Crippen LogP contribution in [0.25, 0.3) is 0 Å². The summed E-state index contributed by atoms with van der Waals surface area (Å²) in [5.74, 6) is -0.621. The monoisotopic (exact) mass is 230 g/mol. The SMILES string of the molecule is CC(C1CC1)n1nnc(C(N)=O)c1C(F)F. The van der Waals surface area contributed by atoms with Crippen LogP contribution in [0, 0.1) is 5.92 Å². The molecule has 0 aromatic carbocycles. The maximum Gasteiger partial charge on any atom is 0.282 e. The first-order valence-corrected chi connectivity index (χ1v) is 5.05. The Kier molecular flexibility index (Phi) is 2.61. The van der Waals surface area contributed by atoms with Crippen LogP contribution in [-0.4, -0.2) is 20.9 Å². The Balaban J connectivity index is 2.40. The highest BCUT2D eigenvalue weighted by Crippen LogP contribution is 2.40. The zero-order valence-electron chi connectivity index (χ0n) is 8.73. The summed E-state index contributed by atoms with van der Waals surface area (Å²) in [4.78, 5) is 10.9. The lowest BCUT2D eigenvalue weighted by molar-refractivity contribution is 0.0975. The topological polar surface area (TPSA) is 73.8 Å². The number of hydrogen-bond acceptors (Lipinski definition) is 3. The van der Waals surface area contributed by atoms with E-state index in [1.807, 2.05) is 0 Å². The van der Waals surface area contributed by atoms with Gasteiger partial charge in [0.15, 0.2) is 5.69 Å². The molecular formula is C9H12F2N4O. The standard InChI is InChI=1S/C9H12F2N4O/c1-4(5-2-3-5)15-7(8(10)11)6(9(12)16)13-14-15/h4-5,8H,2-3H2,1H3,(H2,12,16). The fourth-order valence-electron chi connectivity index (χ4n) is 1.76. The molecule has 1 aromatic heterocycles. The first-order valence-electron chi connectivity index (χ1n) is 5.05. The first kappa shape index (κ1) is 11.0. The molecule has 1 aromatic rings. The summed E-state index contributed by atoms with van der Waals surface area (Å²) in [6, 6.07) is -0.162. The van der Waals surface area contributed by atoms with E-state index in [9.17, 15) is 13.6 Å². The van der Waals surface area contributed by atoms with Gasteiger partial charge in [0, 0.05) is 0 Å². The lowest BCUT2D eigenvalue weighted by Crippen LogP contribution is -2.17. The smallest absolute Gasteiger partial charge is 0.282 e. The number of amides is 1. The van der Waals surface area contributed by atoms with E-state index in [-0.39, 0.29) is 6.04 Å². The molecule has 1 fully saturated rings. The van der Waals surface area contributed by atoms with Gasteiger partial charge < -0.3 is 5.73 Å². The predicted molar refractivity (Wildman–Crippen MR) is 50.9 cm³/mol. The van der Waals surface area contributed by atoms with E-state index in [0.29, 0.717) is 5.92 Å². The molecule has 0 spiro atoms. The van der Waals surface area contributed by atoms with Crippen molar-refractivity contribution in [3.8, 4) is 0 Å². The molecule has 16 heavy (non-hydrogen) atoms. The van der Waals surface area contributed by atoms with Gasteiger partial charge in [0.2, 0.25) is 0 Å². The third-order valence-corrected chi connectivity index (χ3v) is 2.86. The van der Waals surface area contributed by atoms with Crippen molar-refractivity contribution < 1.29 is 13.6 Å². The molecule has 1 saturated carbocycles. The van der Waals surface area contributed by atoms with Crippen LogP contribution in [0.3, 0.4) is 0 Å². The molecule has 1 atom stereocenters. The van der Waals surface area contributed by atoms with Gasteiger partial charge in [0.1, 0.15) is 5.69 Å². The minimum Gasteiger partial charge on any atom is -0.364 e. The van der Waals surface area contributed by atoms with Gasteiger partial charge in [0.05, 0.1) is 6.04 Å². The summed E-state index contributed by atoms with van der Waals surface area (Å²) in [7, 11) is 0. The maximum absolute atomic E-state index is 12.8. The number of carbonyl (C=O) groups excluding carboxylic acids is 1. The average molecular weight is 230 g/mol. The van der Waals surface area contributed by atoms with E-state index in [1.54, 1.807) is 6.92 Å². The van der Waals surface area contributed by atoms with E-state index in [2.05, 4.69) is 10.3 Å². The minimum absolute atomic E-state index is 0.162. The summed E-state index contributed by atoms with van der Waals surface area (Å²) >= 11 is 0. The number of carbonyl (C=O) groups is 1. The second-order valence-electron chi connectivity index (χ2n) is 4.01. The number of aromatic nitrogens is 3. The molecule has 2 rings (SSSR count). The highest BCUT2D eigenvalue weighted by atomic mass is 19.3. The van der Waals surface area contributed by atoms with Gasteiger partial charge in [-0.25, -0.2) is 13.5 Å². The summed E-state index contributed by atoms with van der Waals surface area (Å²) in [5, 5.41) is 7.03. The van der Waals surface area contributed by atoms with Gasteiger partial charge in [-0.3, -0.25) is 4.79 Å². The van der Waals surface area contributed by atoms with Gasteiger partial charge >= 0.3 is 0 Å². The van der Waals surface area contributed by atoms with Crippen molar-refractivity contribution in [2.45, 2.75) is 32.2 Å². The fourth-order valence-corrected chi connectivity index (χ4v) is 1.76. The number of alkyl halides is 2. The van der Waals surface area contributed by atoms with Crippen molar-refractivity contribution in [2.75, 3.05) is 0 Å². The molecule has 1 aliphatic rings. The minimum atomic E-state index is -2.79. The number of nitrogens with two attached hydrogens (primary N) is 1. The Hall–Kier alpha value is -1.53. The van der Waals surface area contributed by atoms with Gasteiger partial charge in [-0.15, -0.1) is 5.10 Å². The van der Waals surface area contributed by atoms with Crippen LogP contribution in [0.5, 0.6) is 0 Å². The Bertz CT molecular complexity index is 414. The van der Waals surface area contributed by atoms with Crippen LogP contribution >= 0.6 is 0 Å². The van der Waals surface area contributed by atoms with Crippen LogP contribution < -0.4 is 5.73 Å². The van der Waals surface area contributed by atoms with E-state index in [4.69, 9.17) is 5.73 Å². The maximum atomic E-state index is 12.8. The van der Waals surface area contributed by atoms with Gasteiger partial charge in [-0.1, -0.05) is 5.21 Å². The second-order valence-corrected chi connectivity index (χ2v) is 4.01. The third-order valence-electron chi connectivity index (χ3n) is 2.86. The molecule has 5 nitrogen and oxygen atoms in total. The van der Waals surface area contributed by atoms with Crippen LogP contribution in [-0.2, 0) is 0 Å². The first-order chi connectivity index (χ1) is 7.52. The molecule has 1 amide bonds. The lowest BCUT2D eigenvalue weighted by atomic mass is 10.2. The number of rotatable bonds is 4. The van der Waals surface area contributed by atoms with Crippen molar-refractivity contribution in [3.63, 3.8) is 0 Å². The molecular weight excluding hydrogens is 218 g/mol. The summed E-state index contributed by atoms with van der Waals surface area (Å²) in [6.45, 7) is 1.79. The molecule has 0 radical (unpaired) electrons. The molecule has 1 heterocycles. The fraction of sp³-hybridized carbons (Fsp3) is 0.667. The third kappa shape index (κ3) is 1.77. The van der Waals surface area contributed by atoms with Crippen LogP contribution in [0.1, 0.15) is 48.4 Å². The quantitative estimate of drug-likeness (QED) is 0.846. The molecule has 7 heteroatoms. The van der Waals surface area contributed by atoms with Gasteiger partial charge in [0.25, 0.3) is 12.3 Å². The van der Waals surface area contributed by atoms with E-state index >= 15 is 0 Å². The average Bonchev–Trinajstić information content (AvgIpc) is 2.94. The Labute approximate surface area is 90.6 Å². The number of nitrogens with zero attached hydrogens (tertiary/aromatic N) is 3. The zero-order valence-corrected chi connectivity index (χ0v) is 8.73. The highest BCUT2D eigenvalue weighted by molar-refractivity contribution is 5.91. The molecule has 1 aliphatic carbocycles. The molecule has 88 valence electrons. The molecule has 0 bridgehead atoms. The molecule has 2 N–H and O–H groups in total. The van der Waals surface area contributed by atoms with Crippen molar-refractivity contribution in [3.05, 3.63) is 11.4 Å². The number of primary amides is 1. The Morgan fingerprint density at radius 3 is 2.62 bits per heavy atom. The van der Waals surface area contributed by atoms with Crippen LogP contribution in [0.2, 0.25) is 0 Å². The van der Waals surface area contributed by atoms with E-state index in [1.165, 1.54) is 0 Å². The molecule has 0 saturated heterocycles. The number of hydrogen-bond donors (Lipinski definition) is 1. The van der Waals surface area contributed by atoms with E-state index in [0.717, 1.165) is 17.5 Å². The van der Waals surface area contributed by atoms with Gasteiger partial charge in [-0.2, -0.15) is 0 Å². The summed E-state index contributed by atoms with van der Waals surface area (Å²) < 4.78 is 26.8. The summed E-state index contributed by atoms with van der Waals surface area (Å²) in [5.41, 5.74) is 4.08. The Morgan fingerprint density at radius 2 is 2.19 bits per heavy atom. The van der Waals surface area contributed by atoms with E-state index < -0.39 is 23.7 Å². The van der Waals surface area contributed by atoms with Gasteiger partial charge in [-0.05, 0) is 25.7 Å². The second kappa shape index (κ2) is 3.80. The van der Waals surface area contributed by atoms with Crippen molar-refractivity contribution in [1.29, 1.82) is 0 Å². The highest BCUT2D eigenvalue weighted by Gasteiger charge is 2.34. The predicted octanol–water partition coefficient (Wildman–Crippen LogP) is 1.29. The molecule has 1 unspecified atom stereocenters. The normalized spacial score (nSPS) is 17.8. The Morgan fingerprint density at radius 1 is 1.56 bits per heavy atom. The van der Waals surface area contributed by atoms with Crippen molar-refractivity contribution >= 4 is 5.91 Å². The van der Waals surface area contributed by atoms with Crippen molar-refractivity contribution in [1.82, 2.24) is 15.0 Å². The zero-order chi connectivity index (χ0) is 11.9. The number of halogens is 2.